The summed E-state index contributed by atoms with van der Waals surface area (Å²) in [6.45, 7) is 4.52. The molecule has 0 fully saturated rings. The second kappa shape index (κ2) is 8.92. The molecule has 0 atom stereocenters. The predicted octanol–water partition coefficient (Wildman–Crippen LogP) is 6.61. The molecule has 1 aliphatic heterocycles. The van der Waals surface area contributed by atoms with Gasteiger partial charge in [-0.15, -0.1) is 0 Å². The molecule has 0 bridgehead atoms. The van der Waals surface area contributed by atoms with E-state index in [1.54, 1.807) is 16.0 Å². The monoisotopic (exact) mass is 531 g/mol. The van der Waals surface area contributed by atoms with E-state index in [1.807, 2.05) is 68.5 Å². The van der Waals surface area contributed by atoms with Gasteiger partial charge in [-0.25, -0.2) is 9.97 Å². The molecule has 1 amide bonds. The molecule has 5 heterocycles. The van der Waals surface area contributed by atoms with Gasteiger partial charge in [-0.3, -0.25) is 9.48 Å². The highest BCUT2D eigenvalue weighted by atomic mass is 32.1. The fourth-order valence-electron chi connectivity index (χ4n) is 5.29. The molecule has 4 aromatic heterocycles. The fourth-order valence-corrected chi connectivity index (χ4v) is 5.94. The van der Waals surface area contributed by atoms with Crippen LogP contribution in [0.3, 0.4) is 0 Å². The van der Waals surface area contributed by atoms with Crippen molar-refractivity contribution < 1.29 is 4.79 Å². The van der Waals surface area contributed by atoms with Gasteiger partial charge in [-0.1, -0.05) is 24.3 Å². The zero-order chi connectivity index (χ0) is 26.7. The molecule has 0 saturated heterocycles. The van der Waals surface area contributed by atoms with Gasteiger partial charge in [0.05, 0.1) is 23.4 Å². The average Bonchev–Trinajstić information content (AvgIpc) is 3.73. The minimum Gasteiger partial charge on any atom is -0.359 e. The summed E-state index contributed by atoms with van der Waals surface area (Å²) in [5.74, 6) is 1.19. The third-order valence-electron chi connectivity index (χ3n) is 7.36. The minimum absolute atomic E-state index is 0.0149. The van der Waals surface area contributed by atoms with Crippen molar-refractivity contribution >= 4 is 45.6 Å². The highest BCUT2D eigenvalue weighted by Gasteiger charge is 2.32. The molecule has 0 saturated carbocycles. The first-order valence-electron chi connectivity index (χ1n) is 12.7. The van der Waals surface area contributed by atoms with Crippen LogP contribution >= 0.6 is 11.3 Å². The summed E-state index contributed by atoms with van der Waals surface area (Å²) in [7, 11) is 1.90. The molecule has 7 rings (SSSR count). The number of amides is 1. The molecule has 0 aliphatic carbocycles. The lowest BCUT2D eigenvalue weighted by Crippen LogP contribution is -2.23. The molecule has 8 nitrogen and oxygen atoms in total. The number of aryl methyl sites for hydroxylation is 3. The number of carbonyl (C=O) groups excluding carboxylic acids is 1. The summed E-state index contributed by atoms with van der Waals surface area (Å²) in [4.78, 5) is 28.2. The number of aromatic amines is 1. The van der Waals surface area contributed by atoms with E-state index in [2.05, 4.69) is 49.3 Å². The van der Waals surface area contributed by atoms with Crippen LogP contribution in [0.5, 0.6) is 0 Å². The number of hydrogen-bond acceptors (Lipinski definition) is 6. The number of nitrogens with one attached hydrogen (secondary N) is 2. The Hall–Kier alpha value is -4.76. The van der Waals surface area contributed by atoms with Crippen LogP contribution in [0.2, 0.25) is 0 Å². The third-order valence-corrected chi connectivity index (χ3v) is 8.05. The number of thiophene rings is 1. The molecular formula is C30H25N7OS. The van der Waals surface area contributed by atoms with E-state index in [-0.39, 0.29) is 5.91 Å². The number of aromatic nitrogens is 5. The van der Waals surface area contributed by atoms with Crippen LogP contribution in [0.1, 0.15) is 27.2 Å². The molecule has 0 radical (unpaired) electrons. The minimum atomic E-state index is 0.0149. The van der Waals surface area contributed by atoms with E-state index in [0.29, 0.717) is 18.3 Å². The Balaban J connectivity index is 1.27. The molecule has 2 N–H and O–H groups in total. The van der Waals surface area contributed by atoms with E-state index in [4.69, 9.17) is 4.98 Å². The van der Waals surface area contributed by atoms with Crippen molar-refractivity contribution in [2.45, 2.75) is 20.4 Å². The quantitative estimate of drug-likeness (QED) is 0.261. The second-order valence-electron chi connectivity index (χ2n) is 9.78. The van der Waals surface area contributed by atoms with Crippen LogP contribution in [-0.2, 0) is 13.6 Å². The topological polar surface area (TPSA) is 91.7 Å². The first-order valence-corrected chi connectivity index (χ1v) is 13.6. The molecule has 39 heavy (non-hydrogen) atoms. The van der Waals surface area contributed by atoms with Gasteiger partial charge in [0.25, 0.3) is 5.91 Å². The number of fused-ring (bicyclic) bond motifs is 2. The van der Waals surface area contributed by atoms with E-state index in [1.165, 1.54) is 0 Å². The highest BCUT2D eigenvalue weighted by molar-refractivity contribution is 7.08. The lowest BCUT2D eigenvalue weighted by Gasteiger charge is -2.17. The molecule has 6 aromatic rings. The van der Waals surface area contributed by atoms with E-state index < -0.39 is 0 Å². The maximum Gasteiger partial charge on any atom is 0.259 e. The molecule has 2 aromatic carbocycles. The Morgan fingerprint density at radius 1 is 1.05 bits per heavy atom. The first-order chi connectivity index (χ1) is 19.0. The number of nitrogens with zero attached hydrogens (tertiary/aromatic N) is 5. The SMILES string of the molecule is Cc1cnc(Nc2cc(C)n(C)n2)nc1-c1c[nH]c2c(N3Cc4c(cccc4-c4ccsc4)C3=O)cccc12. The summed E-state index contributed by atoms with van der Waals surface area (Å²) in [5, 5.41) is 12.9. The molecule has 0 spiro atoms. The van der Waals surface area contributed by atoms with Gasteiger partial charge >= 0.3 is 0 Å². The summed E-state index contributed by atoms with van der Waals surface area (Å²) < 4.78 is 1.81. The van der Waals surface area contributed by atoms with Crippen LogP contribution in [0.15, 0.2) is 71.7 Å². The standard InChI is InChI=1S/C30H25N7OS/c1-17-13-32-30(33-26-12-18(2)36(3)35-26)34-27(17)23-14-31-28-21(23)7-5-9-25(28)37-15-24-20(19-10-11-39-16-19)6-4-8-22(24)29(37)38/h4-14,16,31H,15H2,1-3H3,(H,32,33,34,35). The Morgan fingerprint density at radius 3 is 2.69 bits per heavy atom. The van der Waals surface area contributed by atoms with Gasteiger partial charge in [0, 0.05) is 47.7 Å². The number of para-hydroxylation sites is 1. The number of H-pyrrole nitrogens is 1. The van der Waals surface area contributed by atoms with Crippen LogP contribution in [0.25, 0.3) is 33.3 Å². The largest absolute Gasteiger partial charge is 0.359 e. The van der Waals surface area contributed by atoms with Crippen LogP contribution in [0, 0.1) is 13.8 Å². The van der Waals surface area contributed by atoms with Crippen molar-refractivity contribution in [2.24, 2.45) is 7.05 Å². The Bertz CT molecular complexity index is 1860. The number of rotatable bonds is 5. The first kappa shape index (κ1) is 23.4. The molecular weight excluding hydrogens is 506 g/mol. The summed E-state index contributed by atoms with van der Waals surface area (Å²) in [5.41, 5.74) is 9.61. The summed E-state index contributed by atoms with van der Waals surface area (Å²) >= 11 is 1.66. The number of benzene rings is 2. The van der Waals surface area contributed by atoms with Gasteiger partial charge in [0.1, 0.15) is 0 Å². The van der Waals surface area contributed by atoms with Crippen molar-refractivity contribution in [3.63, 3.8) is 0 Å². The summed E-state index contributed by atoms with van der Waals surface area (Å²) in [6, 6.07) is 16.1. The number of carbonyl (C=O) groups is 1. The normalized spacial score (nSPS) is 12.9. The van der Waals surface area contributed by atoms with E-state index in [0.717, 1.165) is 61.4 Å². The van der Waals surface area contributed by atoms with E-state index in [9.17, 15) is 4.79 Å². The van der Waals surface area contributed by atoms with Crippen LogP contribution in [0.4, 0.5) is 17.5 Å². The predicted molar refractivity (Wildman–Crippen MR) is 156 cm³/mol. The van der Waals surface area contributed by atoms with Crippen molar-refractivity contribution in [1.82, 2.24) is 24.7 Å². The van der Waals surface area contributed by atoms with Crippen molar-refractivity contribution in [3.8, 4) is 22.4 Å². The summed E-state index contributed by atoms with van der Waals surface area (Å²) in [6.07, 6.45) is 3.78. The molecule has 192 valence electrons. The average molecular weight is 532 g/mol. The fraction of sp³-hybridized carbons (Fsp3) is 0.133. The van der Waals surface area contributed by atoms with Gasteiger partial charge < -0.3 is 15.2 Å². The molecule has 1 aliphatic rings. The molecule has 9 heteroatoms. The van der Waals surface area contributed by atoms with Crippen molar-refractivity contribution in [3.05, 3.63) is 94.1 Å². The lowest BCUT2D eigenvalue weighted by molar-refractivity contribution is 0.0997. The Kier molecular flexibility index (Phi) is 5.34. The zero-order valence-electron chi connectivity index (χ0n) is 21.7. The smallest absolute Gasteiger partial charge is 0.259 e. The zero-order valence-corrected chi connectivity index (χ0v) is 22.5. The van der Waals surface area contributed by atoms with E-state index >= 15 is 0 Å². The van der Waals surface area contributed by atoms with Crippen LogP contribution in [-0.4, -0.2) is 30.6 Å². The van der Waals surface area contributed by atoms with Gasteiger partial charge in [0.15, 0.2) is 5.82 Å². The van der Waals surface area contributed by atoms with Gasteiger partial charge in [-0.05, 0) is 65.1 Å². The second-order valence-corrected chi connectivity index (χ2v) is 10.6. The number of anilines is 3. The van der Waals surface area contributed by atoms with Crippen LogP contribution < -0.4 is 10.2 Å². The maximum atomic E-state index is 13.6. The highest BCUT2D eigenvalue weighted by Crippen LogP contribution is 2.40. The Labute approximate surface area is 229 Å². The number of hydrogen-bond donors (Lipinski definition) is 2. The maximum absolute atomic E-state index is 13.6. The van der Waals surface area contributed by atoms with Crippen molar-refractivity contribution in [1.29, 1.82) is 0 Å². The van der Waals surface area contributed by atoms with Crippen molar-refractivity contribution in [2.75, 3.05) is 10.2 Å². The molecule has 0 unspecified atom stereocenters. The van der Waals surface area contributed by atoms with Gasteiger partial charge in [0.2, 0.25) is 5.95 Å². The third kappa shape index (κ3) is 3.81. The Morgan fingerprint density at radius 2 is 1.90 bits per heavy atom. The lowest BCUT2D eigenvalue weighted by atomic mass is 9.99. The van der Waals surface area contributed by atoms with Gasteiger partial charge in [-0.2, -0.15) is 16.4 Å².